The molecule has 6 rings (SSSR count). The lowest BCUT2D eigenvalue weighted by Gasteiger charge is -2.17. The minimum atomic E-state index is 0.307. The highest BCUT2D eigenvalue weighted by Crippen LogP contribution is 2.41. The van der Waals surface area contributed by atoms with Gasteiger partial charge in [-0.05, 0) is 89.7 Å². The third kappa shape index (κ3) is 2.86. The molecule has 0 fully saturated rings. The van der Waals surface area contributed by atoms with Gasteiger partial charge in [0.2, 0.25) is 0 Å². The van der Waals surface area contributed by atoms with Crippen LogP contribution < -0.4 is 0 Å². The van der Waals surface area contributed by atoms with Crippen LogP contribution in [-0.2, 0) is 12.8 Å². The molecule has 1 N–H and O–H groups in total. The predicted octanol–water partition coefficient (Wildman–Crippen LogP) is 7.34. The number of fused-ring (bicyclic) bond motifs is 3. The molecule has 1 heterocycles. The van der Waals surface area contributed by atoms with Crippen molar-refractivity contribution in [3.05, 3.63) is 95.7 Å². The third-order valence-corrected chi connectivity index (χ3v) is 6.86. The van der Waals surface area contributed by atoms with Crippen LogP contribution in [0.1, 0.15) is 29.7 Å². The second kappa shape index (κ2) is 7.02. The summed E-state index contributed by atoms with van der Waals surface area (Å²) in [5, 5.41) is 15.0. The van der Waals surface area contributed by atoms with E-state index >= 15 is 0 Å². The number of hydrogen-bond donors (Lipinski definition) is 1. The summed E-state index contributed by atoms with van der Waals surface area (Å²) in [4.78, 5) is 0. The molecule has 4 aromatic carbocycles. The van der Waals surface area contributed by atoms with Crippen LogP contribution >= 0.6 is 0 Å². The fourth-order valence-electron chi connectivity index (χ4n) is 5.38. The van der Waals surface area contributed by atoms with Crippen molar-refractivity contribution < 1.29 is 5.11 Å². The number of phenolic OH excluding ortho intramolecular Hbond substituents is 1. The molecule has 2 nitrogen and oxygen atoms in total. The Bertz CT molecular complexity index is 1460. The number of aromatic hydroxyl groups is 1. The second-order valence-corrected chi connectivity index (χ2v) is 8.68. The first-order chi connectivity index (χ1) is 15.2. The summed E-state index contributed by atoms with van der Waals surface area (Å²) in [5.41, 5.74) is 8.05. The van der Waals surface area contributed by atoms with Crippen molar-refractivity contribution in [1.82, 2.24) is 4.57 Å². The van der Waals surface area contributed by atoms with E-state index in [9.17, 15) is 5.11 Å². The number of benzene rings is 4. The molecule has 0 spiro atoms. The SMILES string of the molecule is Cc1c2c(c(-c3ccc4ccccc4c3)n1-c1cccc3ccc(O)cc13)CCCC2. The second-order valence-electron chi connectivity index (χ2n) is 8.68. The first-order valence-electron chi connectivity index (χ1n) is 11.1. The van der Waals surface area contributed by atoms with Gasteiger partial charge in [0.1, 0.15) is 5.75 Å². The topological polar surface area (TPSA) is 25.2 Å². The van der Waals surface area contributed by atoms with Crippen molar-refractivity contribution in [2.45, 2.75) is 32.6 Å². The Hall–Kier alpha value is -3.52. The van der Waals surface area contributed by atoms with Crippen molar-refractivity contribution in [2.24, 2.45) is 0 Å². The maximum atomic E-state index is 10.2. The number of rotatable bonds is 2. The Labute approximate surface area is 182 Å². The van der Waals surface area contributed by atoms with Crippen molar-refractivity contribution in [3.63, 3.8) is 0 Å². The van der Waals surface area contributed by atoms with E-state index in [0.29, 0.717) is 5.75 Å². The molecule has 31 heavy (non-hydrogen) atoms. The molecule has 0 unspecified atom stereocenters. The van der Waals surface area contributed by atoms with E-state index in [4.69, 9.17) is 0 Å². The Kier molecular flexibility index (Phi) is 4.14. The zero-order chi connectivity index (χ0) is 20.9. The molecular formula is C29H25NO. The van der Waals surface area contributed by atoms with Crippen molar-refractivity contribution in [3.8, 4) is 22.7 Å². The smallest absolute Gasteiger partial charge is 0.116 e. The Morgan fingerprint density at radius 3 is 2.32 bits per heavy atom. The molecule has 0 radical (unpaired) electrons. The van der Waals surface area contributed by atoms with E-state index in [2.05, 4.69) is 72.2 Å². The highest BCUT2D eigenvalue weighted by molar-refractivity contribution is 5.93. The summed E-state index contributed by atoms with van der Waals surface area (Å²) in [6.07, 6.45) is 4.77. The summed E-state index contributed by atoms with van der Waals surface area (Å²) < 4.78 is 2.45. The minimum Gasteiger partial charge on any atom is -0.508 e. The van der Waals surface area contributed by atoms with Crippen molar-refractivity contribution >= 4 is 21.5 Å². The maximum absolute atomic E-state index is 10.2. The van der Waals surface area contributed by atoms with Gasteiger partial charge in [0.25, 0.3) is 0 Å². The summed E-state index contributed by atoms with van der Waals surface area (Å²) in [6, 6.07) is 27.5. The normalized spacial score (nSPS) is 13.6. The van der Waals surface area contributed by atoms with Crippen molar-refractivity contribution in [1.29, 1.82) is 0 Å². The van der Waals surface area contributed by atoms with Gasteiger partial charge in [0.05, 0.1) is 11.4 Å². The van der Waals surface area contributed by atoms with Gasteiger partial charge >= 0.3 is 0 Å². The van der Waals surface area contributed by atoms with Gasteiger partial charge in [-0.15, -0.1) is 0 Å². The van der Waals surface area contributed by atoms with Gasteiger partial charge in [-0.3, -0.25) is 0 Å². The molecule has 0 saturated carbocycles. The van der Waals surface area contributed by atoms with Crippen LogP contribution in [0, 0.1) is 6.92 Å². The van der Waals surface area contributed by atoms with E-state index in [1.807, 2.05) is 12.1 Å². The maximum Gasteiger partial charge on any atom is 0.116 e. The van der Waals surface area contributed by atoms with E-state index in [-0.39, 0.29) is 0 Å². The average molecular weight is 404 g/mol. The zero-order valence-corrected chi connectivity index (χ0v) is 17.7. The molecule has 0 amide bonds. The Morgan fingerprint density at radius 1 is 0.710 bits per heavy atom. The highest BCUT2D eigenvalue weighted by Gasteiger charge is 2.25. The summed E-state index contributed by atoms with van der Waals surface area (Å²) in [7, 11) is 0. The molecule has 0 atom stereocenters. The number of hydrogen-bond acceptors (Lipinski definition) is 1. The molecule has 1 aliphatic carbocycles. The number of phenols is 1. The molecule has 2 heteroatoms. The fourth-order valence-corrected chi connectivity index (χ4v) is 5.38. The molecule has 1 aliphatic rings. The standard InChI is InChI=1S/C29H25NO/c1-19-25-10-4-5-11-26(25)29(23-14-13-20-7-2-3-8-22(20)17-23)30(19)28-12-6-9-21-15-16-24(31)18-27(21)28/h2-3,6-9,12-18,31H,4-5,10-11H2,1H3. The lowest BCUT2D eigenvalue weighted by atomic mass is 9.90. The van der Waals surface area contributed by atoms with E-state index in [1.165, 1.54) is 51.7 Å². The van der Waals surface area contributed by atoms with Gasteiger partial charge in [0, 0.05) is 11.1 Å². The van der Waals surface area contributed by atoms with Crippen LogP contribution in [0.3, 0.4) is 0 Å². The van der Waals surface area contributed by atoms with Crippen LogP contribution in [0.5, 0.6) is 5.75 Å². The lowest BCUT2D eigenvalue weighted by molar-refractivity contribution is 0.476. The molecule has 152 valence electrons. The van der Waals surface area contributed by atoms with Crippen LogP contribution in [0.2, 0.25) is 0 Å². The molecule has 0 bridgehead atoms. The molecule has 1 aromatic heterocycles. The van der Waals surface area contributed by atoms with E-state index < -0.39 is 0 Å². The summed E-state index contributed by atoms with van der Waals surface area (Å²) in [6.45, 7) is 2.26. The molecule has 5 aromatic rings. The molecule has 0 saturated heterocycles. The summed E-state index contributed by atoms with van der Waals surface area (Å²) in [5.74, 6) is 0.307. The minimum absolute atomic E-state index is 0.307. The zero-order valence-electron chi connectivity index (χ0n) is 17.7. The molecular weight excluding hydrogens is 378 g/mol. The van der Waals surface area contributed by atoms with Crippen LogP contribution in [0.4, 0.5) is 0 Å². The quantitative estimate of drug-likeness (QED) is 0.328. The average Bonchev–Trinajstić information content (AvgIpc) is 3.10. The Balaban J connectivity index is 1.70. The van der Waals surface area contributed by atoms with Gasteiger partial charge in [0.15, 0.2) is 0 Å². The first-order valence-corrected chi connectivity index (χ1v) is 11.1. The van der Waals surface area contributed by atoms with Gasteiger partial charge in [-0.1, -0.05) is 54.6 Å². The van der Waals surface area contributed by atoms with Crippen LogP contribution in [-0.4, -0.2) is 9.67 Å². The van der Waals surface area contributed by atoms with E-state index in [1.54, 1.807) is 6.07 Å². The van der Waals surface area contributed by atoms with Crippen molar-refractivity contribution in [2.75, 3.05) is 0 Å². The van der Waals surface area contributed by atoms with Crippen LogP contribution in [0.25, 0.3) is 38.5 Å². The largest absolute Gasteiger partial charge is 0.508 e. The monoisotopic (exact) mass is 403 g/mol. The van der Waals surface area contributed by atoms with E-state index in [0.717, 1.165) is 29.3 Å². The van der Waals surface area contributed by atoms with Gasteiger partial charge in [-0.2, -0.15) is 0 Å². The highest BCUT2D eigenvalue weighted by atomic mass is 16.3. The van der Waals surface area contributed by atoms with Gasteiger partial charge in [-0.25, -0.2) is 0 Å². The lowest BCUT2D eigenvalue weighted by Crippen LogP contribution is -2.01. The van der Waals surface area contributed by atoms with Crippen LogP contribution in [0.15, 0.2) is 78.9 Å². The Morgan fingerprint density at radius 2 is 1.45 bits per heavy atom. The first kappa shape index (κ1) is 18.3. The fraction of sp³-hybridized carbons (Fsp3) is 0.172. The third-order valence-electron chi connectivity index (χ3n) is 6.86. The number of aromatic nitrogens is 1. The predicted molar refractivity (Wildman–Crippen MR) is 129 cm³/mol. The molecule has 0 aliphatic heterocycles. The summed E-state index contributed by atoms with van der Waals surface area (Å²) >= 11 is 0. The van der Waals surface area contributed by atoms with Gasteiger partial charge < -0.3 is 9.67 Å². The number of nitrogens with zero attached hydrogens (tertiary/aromatic N) is 1.